The molecule has 5 N–H and O–H groups in total. The smallest absolute Gasteiger partial charge is 0.336 e. The Morgan fingerprint density at radius 2 is 1.67 bits per heavy atom. The summed E-state index contributed by atoms with van der Waals surface area (Å²) in [5.74, 6) is -0.909. The number of urea groups is 1. The van der Waals surface area contributed by atoms with Gasteiger partial charge in [-0.15, -0.1) is 0 Å². The molecule has 144 valence electrons. The number of methoxy groups -OCH3 is 2. The number of ether oxygens (including phenoxy) is 2. The molecule has 2 rings (SSSR count). The summed E-state index contributed by atoms with van der Waals surface area (Å²) in [7, 11) is -1.69. The topological polar surface area (TPSA) is 175 Å². The van der Waals surface area contributed by atoms with E-state index in [1.165, 1.54) is 44.6 Å². The van der Waals surface area contributed by atoms with Crippen molar-refractivity contribution in [2.45, 2.75) is 0 Å². The fraction of sp³-hybridized carbons (Fsp3) is 0.143. The number of nitrogens with zero attached hydrogens (tertiary/aromatic N) is 2. The third-order valence-electron chi connectivity index (χ3n) is 2.99. The molecule has 0 aliphatic heterocycles. The fourth-order valence-electron chi connectivity index (χ4n) is 1.88. The third-order valence-corrected chi connectivity index (χ3v) is 3.93. The van der Waals surface area contributed by atoms with Crippen LogP contribution in [0.3, 0.4) is 0 Å². The van der Waals surface area contributed by atoms with Crippen LogP contribution in [0.5, 0.6) is 11.8 Å². The van der Waals surface area contributed by atoms with E-state index in [-0.39, 0.29) is 29.0 Å². The number of rotatable bonds is 7. The van der Waals surface area contributed by atoms with Crippen LogP contribution in [-0.4, -0.2) is 44.5 Å². The van der Waals surface area contributed by atoms with E-state index >= 15 is 0 Å². The number of nitrogens with one attached hydrogen (secondary N) is 3. The highest BCUT2D eigenvalue weighted by Crippen LogP contribution is 2.18. The molecule has 13 heteroatoms. The normalized spacial score (nSPS) is 10.6. The summed E-state index contributed by atoms with van der Waals surface area (Å²) in [6.07, 6.45) is 0. The number of aromatic nitrogens is 2. The van der Waals surface area contributed by atoms with Crippen LogP contribution in [0, 0.1) is 0 Å². The molecule has 0 spiro atoms. The van der Waals surface area contributed by atoms with E-state index in [0.29, 0.717) is 0 Å². The highest BCUT2D eigenvalue weighted by Gasteiger charge is 2.18. The number of hydrogen-bond acceptors (Lipinski definition) is 8. The molecule has 0 bridgehead atoms. The van der Waals surface area contributed by atoms with Gasteiger partial charge >= 0.3 is 16.2 Å². The predicted octanol–water partition coefficient (Wildman–Crippen LogP) is 0.0711. The lowest BCUT2D eigenvalue weighted by molar-refractivity contribution is 0.100. The Kier molecular flexibility index (Phi) is 5.97. The maximum Gasteiger partial charge on any atom is 0.336 e. The number of carbonyl (C=O) groups is 2. The molecule has 12 nitrogen and oxygen atoms in total. The summed E-state index contributed by atoms with van der Waals surface area (Å²) < 4.78 is 37.8. The molecule has 3 amide bonds. The number of nitrogens with two attached hydrogens (primary N) is 1. The van der Waals surface area contributed by atoms with Crippen molar-refractivity contribution in [2.24, 2.45) is 5.73 Å². The van der Waals surface area contributed by atoms with Gasteiger partial charge in [-0.1, -0.05) is 12.1 Å². The summed E-state index contributed by atoms with van der Waals surface area (Å²) in [4.78, 5) is 30.9. The van der Waals surface area contributed by atoms with Gasteiger partial charge in [0, 0.05) is 0 Å². The maximum atomic E-state index is 12.1. The van der Waals surface area contributed by atoms with Crippen LogP contribution >= 0.6 is 0 Å². The minimum atomic E-state index is -4.38. The standard InChI is InChI=1S/C14H16N6O6S/c1-25-10-7-11(26-2)17-13(16-10)18-14(22)20-27(23,24)19-9-6-4-3-5-8(9)12(15)21/h3-7,19H,1-2H3,(H2,15,21)(H2,16,17,18,20,22). The second-order valence-electron chi connectivity index (χ2n) is 4.85. The number of anilines is 2. The van der Waals surface area contributed by atoms with Crippen LogP contribution in [0.25, 0.3) is 0 Å². The Balaban J connectivity index is 2.12. The van der Waals surface area contributed by atoms with Crippen molar-refractivity contribution in [2.75, 3.05) is 24.3 Å². The Morgan fingerprint density at radius 3 is 2.22 bits per heavy atom. The number of carbonyl (C=O) groups excluding carboxylic acids is 2. The Morgan fingerprint density at radius 1 is 1.07 bits per heavy atom. The average Bonchev–Trinajstić information content (AvgIpc) is 2.60. The lowest BCUT2D eigenvalue weighted by Crippen LogP contribution is -2.39. The molecule has 0 fully saturated rings. The van der Waals surface area contributed by atoms with E-state index in [9.17, 15) is 18.0 Å². The first-order valence-corrected chi connectivity index (χ1v) is 8.70. The fourth-order valence-corrected chi connectivity index (χ4v) is 2.69. The highest BCUT2D eigenvalue weighted by molar-refractivity contribution is 7.91. The quantitative estimate of drug-likeness (QED) is 0.508. The zero-order valence-corrected chi connectivity index (χ0v) is 15.0. The zero-order chi connectivity index (χ0) is 20.0. The van der Waals surface area contributed by atoms with Crippen molar-refractivity contribution in [1.29, 1.82) is 0 Å². The number of para-hydroxylation sites is 1. The van der Waals surface area contributed by atoms with Gasteiger partial charge < -0.3 is 15.2 Å². The summed E-state index contributed by atoms with van der Waals surface area (Å²) in [6, 6.07) is 5.84. The summed E-state index contributed by atoms with van der Waals surface area (Å²) in [5.41, 5.74) is 5.02. The number of primary amides is 1. The molecule has 0 aliphatic rings. The molecular formula is C14H16N6O6S. The van der Waals surface area contributed by atoms with Crippen molar-refractivity contribution in [3.8, 4) is 11.8 Å². The molecule has 1 aromatic carbocycles. The summed E-state index contributed by atoms with van der Waals surface area (Å²) >= 11 is 0. The van der Waals surface area contributed by atoms with E-state index in [0.717, 1.165) is 0 Å². The zero-order valence-electron chi connectivity index (χ0n) is 14.2. The molecule has 1 heterocycles. The first kappa shape index (κ1) is 19.7. The number of amides is 3. The summed E-state index contributed by atoms with van der Waals surface area (Å²) in [5, 5.41) is 2.13. The maximum absolute atomic E-state index is 12.1. The van der Waals surface area contributed by atoms with Crippen LogP contribution < -0.4 is 30.0 Å². The molecule has 27 heavy (non-hydrogen) atoms. The van der Waals surface area contributed by atoms with Gasteiger partial charge in [0.25, 0.3) is 5.91 Å². The van der Waals surface area contributed by atoms with Crippen molar-refractivity contribution in [3.05, 3.63) is 35.9 Å². The van der Waals surface area contributed by atoms with Crippen LogP contribution in [0.2, 0.25) is 0 Å². The van der Waals surface area contributed by atoms with Crippen LogP contribution in [0.15, 0.2) is 30.3 Å². The minimum Gasteiger partial charge on any atom is -0.481 e. The lowest BCUT2D eigenvalue weighted by atomic mass is 10.2. The molecule has 0 saturated heterocycles. The van der Waals surface area contributed by atoms with Crippen LogP contribution in [0.1, 0.15) is 10.4 Å². The third kappa shape index (κ3) is 5.43. The van der Waals surface area contributed by atoms with Crippen LogP contribution in [-0.2, 0) is 10.2 Å². The second kappa shape index (κ2) is 8.18. The molecule has 0 radical (unpaired) electrons. The molecular weight excluding hydrogens is 380 g/mol. The molecule has 0 unspecified atom stereocenters. The largest absolute Gasteiger partial charge is 0.481 e. The van der Waals surface area contributed by atoms with Crippen molar-refractivity contribution in [1.82, 2.24) is 14.7 Å². The van der Waals surface area contributed by atoms with E-state index in [1.54, 1.807) is 4.72 Å². The highest BCUT2D eigenvalue weighted by atomic mass is 32.2. The van der Waals surface area contributed by atoms with E-state index in [2.05, 4.69) is 15.3 Å². The first-order valence-electron chi connectivity index (χ1n) is 7.21. The van der Waals surface area contributed by atoms with Gasteiger partial charge in [-0.25, -0.2) is 9.52 Å². The Labute approximate surface area is 154 Å². The number of benzene rings is 1. The monoisotopic (exact) mass is 396 g/mol. The lowest BCUT2D eigenvalue weighted by Gasteiger charge is -2.12. The van der Waals surface area contributed by atoms with Gasteiger partial charge in [-0.3, -0.25) is 14.8 Å². The SMILES string of the molecule is COc1cc(OC)nc(NC(=O)NS(=O)(=O)Nc2ccccc2C(N)=O)n1. The van der Waals surface area contributed by atoms with Crippen LogP contribution in [0.4, 0.5) is 16.4 Å². The Bertz CT molecular complexity index is 942. The summed E-state index contributed by atoms with van der Waals surface area (Å²) in [6.45, 7) is 0. The first-order chi connectivity index (χ1) is 12.7. The molecule has 0 saturated carbocycles. The molecule has 1 aromatic heterocycles. The molecule has 0 atom stereocenters. The molecule has 0 aliphatic carbocycles. The van der Waals surface area contributed by atoms with Gasteiger partial charge in [0.05, 0.1) is 31.5 Å². The second-order valence-corrected chi connectivity index (χ2v) is 6.26. The van der Waals surface area contributed by atoms with Gasteiger partial charge in [-0.05, 0) is 12.1 Å². The van der Waals surface area contributed by atoms with Crippen molar-refractivity contribution >= 4 is 33.8 Å². The van der Waals surface area contributed by atoms with Gasteiger partial charge in [0.15, 0.2) is 0 Å². The number of hydrogen-bond donors (Lipinski definition) is 4. The average molecular weight is 396 g/mol. The van der Waals surface area contributed by atoms with E-state index in [1.807, 2.05) is 4.72 Å². The van der Waals surface area contributed by atoms with Crippen molar-refractivity contribution < 1.29 is 27.5 Å². The van der Waals surface area contributed by atoms with E-state index < -0.39 is 22.1 Å². The van der Waals surface area contributed by atoms with E-state index in [4.69, 9.17) is 15.2 Å². The van der Waals surface area contributed by atoms with Crippen molar-refractivity contribution in [3.63, 3.8) is 0 Å². The van der Waals surface area contributed by atoms with Gasteiger partial charge in [0.2, 0.25) is 17.7 Å². The van der Waals surface area contributed by atoms with Gasteiger partial charge in [0.1, 0.15) is 0 Å². The van der Waals surface area contributed by atoms with Gasteiger partial charge in [-0.2, -0.15) is 18.4 Å². The minimum absolute atomic E-state index is 0.0656. The molecule has 2 aromatic rings. The Hall–Kier alpha value is -3.61. The predicted molar refractivity (Wildman–Crippen MR) is 94.8 cm³/mol.